The Hall–Kier alpha value is -1.10. The number of nitrogens with one attached hydrogen (secondary N) is 1. The van der Waals surface area contributed by atoms with E-state index in [9.17, 15) is 10.1 Å². The number of nitrogens with zero attached hydrogens (tertiary/aromatic N) is 1. The molecule has 0 aliphatic heterocycles. The van der Waals surface area contributed by atoms with Gasteiger partial charge in [-0.15, -0.1) is 0 Å². The van der Waals surface area contributed by atoms with Gasteiger partial charge in [-0.3, -0.25) is 10.1 Å². The maximum Gasteiger partial charge on any atom is 0.270 e. The van der Waals surface area contributed by atoms with E-state index in [2.05, 4.69) is 28.2 Å². The van der Waals surface area contributed by atoms with Gasteiger partial charge in [0.2, 0.25) is 0 Å². The van der Waals surface area contributed by atoms with E-state index >= 15 is 0 Å². The first-order chi connectivity index (χ1) is 9.56. The number of anilines is 1. The topological polar surface area (TPSA) is 55.2 Å². The van der Waals surface area contributed by atoms with Gasteiger partial charge in [0.15, 0.2) is 0 Å². The largest absolute Gasteiger partial charge is 0.384 e. The molecule has 0 saturated heterocycles. The van der Waals surface area contributed by atoms with Gasteiger partial charge in [0.05, 0.1) is 4.92 Å². The molecule has 1 aromatic rings. The summed E-state index contributed by atoms with van der Waals surface area (Å²) in [5, 5.41) is 14.1. The Morgan fingerprint density at radius 1 is 1.45 bits per heavy atom. The van der Waals surface area contributed by atoms with Crippen LogP contribution in [0.25, 0.3) is 0 Å². The fourth-order valence-electron chi connectivity index (χ4n) is 2.99. The summed E-state index contributed by atoms with van der Waals surface area (Å²) < 4.78 is 0.753. The standard InChI is InChI=1S/C15H21BrN2O2/c1-11-3-2-4-12(9-11)7-8-17-15-6-5-13(18(19)20)10-14(15)16/h5-6,10-12,17H,2-4,7-9H2,1H3. The summed E-state index contributed by atoms with van der Waals surface area (Å²) in [6.45, 7) is 3.26. The molecule has 20 heavy (non-hydrogen) atoms. The van der Waals surface area contributed by atoms with Crippen molar-refractivity contribution in [2.75, 3.05) is 11.9 Å². The quantitative estimate of drug-likeness (QED) is 0.607. The van der Waals surface area contributed by atoms with E-state index in [0.29, 0.717) is 0 Å². The number of nitro benzene ring substituents is 1. The molecule has 0 radical (unpaired) electrons. The molecule has 110 valence electrons. The highest BCUT2D eigenvalue weighted by atomic mass is 79.9. The van der Waals surface area contributed by atoms with Crippen molar-refractivity contribution < 1.29 is 4.92 Å². The van der Waals surface area contributed by atoms with Gasteiger partial charge in [-0.25, -0.2) is 0 Å². The zero-order valence-electron chi connectivity index (χ0n) is 11.8. The van der Waals surface area contributed by atoms with Crippen molar-refractivity contribution in [1.29, 1.82) is 0 Å². The molecule has 2 atom stereocenters. The van der Waals surface area contributed by atoms with Crippen LogP contribution in [0.15, 0.2) is 22.7 Å². The number of nitro groups is 1. The van der Waals surface area contributed by atoms with Gasteiger partial charge in [0.1, 0.15) is 0 Å². The molecule has 1 saturated carbocycles. The summed E-state index contributed by atoms with van der Waals surface area (Å²) in [7, 11) is 0. The average molecular weight is 341 g/mol. The molecule has 1 aromatic carbocycles. The van der Waals surface area contributed by atoms with E-state index < -0.39 is 0 Å². The average Bonchev–Trinajstić information content (AvgIpc) is 2.40. The van der Waals surface area contributed by atoms with E-state index in [1.165, 1.54) is 38.2 Å². The third kappa shape index (κ3) is 4.20. The fourth-order valence-corrected chi connectivity index (χ4v) is 3.50. The second kappa shape index (κ2) is 7.07. The smallest absolute Gasteiger partial charge is 0.270 e. The van der Waals surface area contributed by atoms with E-state index in [0.717, 1.165) is 28.5 Å². The van der Waals surface area contributed by atoms with Crippen LogP contribution >= 0.6 is 15.9 Å². The number of halogens is 1. The highest BCUT2D eigenvalue weighted by Crippen LogP contribution is 2.31. The number of benzene rings is 1. The summed E-state index contributed by atoms with van der Waals surface area (Å²) in [6, 6.07) is 4.85. The third-order valence-corrected chi connectivity index (χ3v) is 4.73. The molecular weight excluding hydrogens is 320 g/mol. The lowest BCUT2D eigenvalue weighted by Crippen LogP contribution is -2.16. The molecule has 2 rings (SSSR count). The van der Waals surface area contributed by atoms with Crippen molar-refractivity contribution in [1.82, 2.24) is 0 Å². The van der Waals surface area contributed by atoms with Crippen LogP contribution in [0.4, 0.5) is 11.4 Å². The molecule has 5 heteroatoms. The Bertz CT molecular complexity index is 479. The van der Waals surface area contributed by atoms with Gasteiger partial charge in [0.25, 0.3) is 5.69 Å². The summed E-state index contributed by atoms with van der Waals surface area (Å²) in [6.07, 6.45) is 6.58. The molecule has 1 N–H and O–H groups in total. The molecule has 0 aromatic heterocycles. The summed E-state index contributed by atoms with van der Waals surface area (Å²) in [5.74, 6) is 1.68. The van der Waals surface area contributed by atoms with Crippen LogP contribution in [0.2, 0.25) is 0 Å². The fraction of sp³-hybridized carbons (Fsp3) is 0.600. The lowest BCUT2D eigenvalue weighted by molar-refractivity contribution is -0.384. The molecule has 0 spiro atoms. The van der Waals surface area contributed by atoms with Crippen molar-refractivity contribution in [2.45, 2.75) is 39.0 Å². The SMILES string of the molecule is CC1CCCC(CCNc2ccc([N+](=O)[O-])cc2Br)C1. The zero-order valence-corrected chi connectivity index (χ0v) is 13.4. The first kappa shape index (κ1) is 15.3. The van der Waals surface area contributed by atoms with Crippen molar-refractivity contribution in [3.63, 3.8) is 0 Å². The number of non-ortho nitro benzene ring substituents is 1. The molecule has 0 amide bonds. The second-order valence-corrected chi connectivity index (χ2v) is 6.63. The first-order valence-electron chi connectivity index (χ1n) is 7.24. The van der Waals surface area contributed by atoms with Crippen LogP contribution in [0.3, 0.4) is 0 Å². The normalized spacial score (nSPS) is 22.5. The van der Waals surface area contributed by atoms with Crippen LogP contribution in [-0.4, -0.2) is 11.5 Å². The first-order valence-corrected chi connectivity index (χ1v) is 8.03. The molecule has 1 aliphatic carbocycles. The summed E-state index contributed by atoms with van der Waals surface area (Å²) in [5.41, 5.74) is 1.04. The summed E-state index contributed by atoms with van der Waals surface area (Å²) in [4.78, 5) is 10.3. The number of hydrogen-bond donors (Lipinski definition) is 1. The Balaban J connectivity index is 1.83. The third-order valence-electron chi connectivity index (χ3n) is 4.08. The van der Waals surface area contributed by atoms with Gasteiger partial charge in [0, 0.05) is 28.8 Å². The molecule has 4 nitrogen and oxygen atoms in total. The Labute approximate surface area is 128 Å². The van der Waals surface area contributed by atoms with E-state index in [1.807, 2.05) is 0 Å². The van der Waals surface area contributed by atoms with Crippen molar-refractivity contribution in [3.05, 3.63) is 32.8 Å². The molecule has 2 unspecified atom stereocenters. The van der Waals surface area contributed by atoms with Gasteiger partial charge >= 0.3 is 0 Å². The maximum absolute atomic E-state index is 10.7. The molecule has 0 bridgehead atoms. The minimum Gasteiger partial charge on any atom is -0.384 e. The van der Waals surface area contributed by atoms with Crippen molar-refractivity contribution in [2.24, 2.45) is 11.8 Å². The van der Waals surface area contributed by atoms with Gasteiger partial charge < -0.3 is 5.32 Å². The van der Waals surface area contributed by atoms with E-state index in [4.69, 9.17) is 0 Å². The van der Waals surface area contributed by atoms with Gasteiger partial charge in [-0.1, -0.05) is 26.2 Å². The molecule has 0 heterocycles. The van der Waals surface area contributed by atoms with Crippen LogP contribution in [-0.2, 0) is 0 Å². The minimum atomic E-state index is -0.377. The van der Waals surface area contributed by atoms with Crippen LogP contribution in [0, 0.1) is 22.0 Å². The second-order valence-electron chi connectivity index (χ2n) is 5.77. The Morgan fingerprint density at radius 3 is 2.90 bits per heavy atom. The monoisotopic (exact) mass is 340 g/mol. The summed E-state index contributed by atoms with van der Waals surface area (Å²) >= 11 is 3.38. The van der Waals surface area contributed by atoms with E-state index in [-0.39, 0.29) is 10.6 Å². The van der Waals surface area contributed by atoms with Crippen molar-refractivity contribution in [3.8, 4) is 0 Å². The van der Waals surface area contributed by atoms with Crippen LogP contribution < -0.4 is 5.32 Å². The predicted molar refractivity (Wildman–Crippen MR) is 85.0 cm³/mol. The highest BCUT2D eigenvalue weighted by molar-refractivity contribution is 9.10. The Kier molecular flexibility index (Phi) is 5.40. The Morgan fingerprint density at radius 2 is 2.25 bits per heavy atom. The molecule has 1 fully saturated rings. The number of rotatable bonds is 5. The predicted octanol–water partition coefficient (Wildman–Crippen LogP) is 4.99. The zero-order chi connectivity index (χ0) is 14.5. The maximum atomic E-state index is 10.7. The van der Waals surface area contributed by atoms with E-state index in [1.54, 1.807) is 12.1 Å². The van der Waals surface area contributed by atoms with Crippen LogP contribution in [0.5, 0.6) is 0 Å². The molecule has 1 aliphatic rings. The van der Waals surface area contributed by atoms with Crippen molar-refractivity contribution >= 4 is 27.3 Å². The van der Waals surface area contributed by atoms with Gasteiger partial charge in [-0.2, -0.15) is 0 Å². The number of hydrogen-bond acceptors (Lipinski definition) is 3. The lowest BCUT2D eigenvalue weighted by atomic mass is 9.81. The minimum absolute atomic E-state index is 0.114. The molecular formula is C15H21BrN2O2. The van der Waals surface area contributed by atoms with Gasteiger partial charge in [-0.05, 0) is 46.7 Å². The highest BCUT2D eigenvalue weighted by Gasteiger charge is 2.18. The van der Waals surface area contributed by atoms with Crippen LogP contribution in [0.1, 0.15) is 39.0 Å². The lowest BCUT2D eigenvalue weighted by Gasteiger charge is -2.26.